The number of carboxylic acid groups (broad SMARTS) is 1. The maximum Gasteiger partial charge on any atom is 0.490 e. The number of anilines is 1. The predicted octanol–water partition coefficient (Wildman–Crippen LogP) is 1.31. The van der Waals surface area contributed by atoms with Gasteiger partial charge in [-0.1, -0.05) is 0 Å². The SMILES string of the molecule is Nc1ccc(O)c(O)c1.O=C(O)C(F)(F)F. The molecule has 90 valence electrons. The lowest BCUT2D eigenvalue weighted by Gasteiger charge is -1.95. The monoisotopic (exact) mass is 239 g/mol. The van der Waals surface area contributed by atoms with Crippen LogP contribution in [-0.4, -0.2) is 27.5 Å². The fourth-order valence-electron chi connectivity index (χ4n) is 0.540. The van der Waals surface area contributed by atoms with Crippen molar-refractivity contribution >= 4 is 11.7 Å². The average molecular weight is 239 g/mol. The fourth-order valence-corrected chi connectivity index (χ4v) is 0.540. The van der Waals surface area contributed by atoms with Crippen LogP contribution in [0.1, 0.15) is 0 Å². The van der Waals surface area contributed by atoms with Gasteiger partial charge in [-0.2, -0.15) is 13.2 Å². The summed E-state index contributed by atoms with van der Waals surface area (Å²) in [5, 5.41) is 24.6. The summed E-state index contributed by atoms with van der Waals surface area (Å²) in [7, 11) is 0. The number of rotatable bonds is 0. The van der Waals surface area contributed by atoms with Crippen molar-refractivity contribution in [2.75, 3.05) is 5.73 Å². The molecule has 0 unspecified atom stereocenters. The lowest BCUT2D eigenvalue weighted by Crippen LogP contribution is -2.21. The minimum Gasteiger partial charge on any atom is -0.504 e. The van der Waals surface area contributed by atoms with Gasteiger partial charge in [-0.25, -0.2) is 4.79 Å². The van der Waals surface area contributed by atoms with E-state index in [4.69, 9.17) is 25.8 Å². The average Bonchev–Trinajstić information content (AvgIpc) is 2.11. The zero-order chi connectivity index (χ0) is 12.9. The van der Waals surface area contributed by atoms with Gasteiger partial charge in [0.1, 0.15) is 0 Å². The highest BCUT2D eigenvalue weighted by Crippen LogP contribution is 2.25. The van der Waals surface area contributed by atoms with E-state index in [-0.39, 0.29) is 11.5 Å². The molecule has 5 nitrogen and oxygen atoms in total. The van der Waals surface area contributed by atoms with E-state index in [1.54, 1.807) is 0 Å². The van der Waals surface area contributed by atoms with Crippen LogP contribution in [0.25, 0.3) is 0 Å². The molecule has 0 radical (unpaired) electrons. The summed E-state index contributed by atoms with van der Waals surface area (Å²) in [6, 6.07) is 4.13. The largest absolute Gasteiger partial charge is 0.504 e. The number of phenolic OH excluding ortho intramolecular Hbond substituents is 2. The van der Waals surface area contributed by atoms with Crippen LogP contribution >= 0.6 is 0 Å². The molecule has 0 saturated carbocycles. The van der Waals surface area contributed by atoms with Crippen molar-refractivity contribution in [2.24, 2.45) is 0 Å². The highest BCUT2D eigenvalue weighted by atomic mass is 19.4. The summed E-state index contributed by atoms with van der Waals surface area (Å²) < 4.78 is 31.7. The number of carboxylic acids is 1. The lowest BCUT2D eigenvalue weighted by atomic mass is 10.3. The van der Waals surface area contributed by atoms with Gasteiger partial charge in [0.15, 0.2) is 11.5 Å². The second kappa shape index (κ2) is 5.10. The number of hydrogen-bond donors (Lipinski definition) is 4. The number of hydrogen-bond acceptors (Lipinski definition) is 4. The maximum absolute atomic E-state index is 10.6. The number of phenols is 2. The molecular weight excluding hydrogens is 231 g/mol. The molecule has 8 heteroatoms. The van der Waals surface area contributed by atoms with Gasteiger partial charge in [-0.15, -0.1) is 0 Å². The molecule has 0 bridgehead atoms. The number of aliphatic carboxylic acids is 1. The van der Waals surface area contributed by atoms with Gasteiger partial charge < -0.3 is 21.1 Å². The third-order valence-electron chi connectivity index (χ3n) is 1.24. The minimum absolute atomic E-state index is 0.149. The molecular formula is C8H8F3NO4. The smallest absolute Gasteiger partial charge is 0.490 e. The Hall–Kier alpha value is -2.12. The van der Waals surface area contributed by atoms with Gasteiger partial charge in [0.25, 0.3) is 0 Å². The molecule has 0 saturated heterocycles. The topological polar surface area (TPSA) is 104 Å². The molecule has 0 amide bonds. The molecule has 1 rings (SSSR count). The number of benzene rings is 1. The fraction of sp³-hybridized carbons (Fsp3) is 0.125. The van der Waals surface area contributed by atoms with Gasteiger partial charge >= 0.3 is 12.1 Å². The molecule has 1 aromatic rings. The Labute approximate surface area is 87.5 Å². The molecule has 0 aromatic heterocycles. The summed E-state index contributed by atoms with van der Waals surface area (Å²) in [4.78, 5) is 8.90. The molecule has 5 N–H and O–H groups in total. The third kappa shape index (κ3) is 4.94. The molecule has 16 heavy (non-hydrogen) atoms. The van der Waals surface area contributed by atoms with E-state index >= 15 is 0 Å². The molecule has 0 heterocycles. The predicted molar refractivity (Wildman–Crippen MR) is 47.9 cm³/mol. The van der Waals surface area contributed by atoms with Gasteiger partial charge in [-0.05, 0) is 12.1 Å². The van der Waals surface area contributed by atoms with Crippen molar-refractivity contribution in [1.82, 2.24) is 0 Å². The van der Waals surface area contributed by atoms with Crippen molar-refractivity contribution in [3.63, 3.8) is 0 Å². The Morgan fingerprint density at radius 1 is 1.19 bits per heavy atom. The Kier molecular flexibility index (Phi) is 4.42. The zero-order valence-electron chi connectivity index (χ0n) is 7.69. The third-order valence-corrected chi connectivity index (χ3v) is 1.24. The van der Waals surface area contributed by atoms with Crippen LogP contribution < -0.4 is 5.73 Å². The number of alkyl halides is 3. The Morgan fingerprint density at radius 2 is 1.62 bits per heavy atom. The van der Waals surface area contributed by atoms with Gasteiger partial charge in [0.2, 0.25) is 0 Å². The van der Waals surface area contributed by atoms with E-state index < -0.39 is 12.1 Å². The summed E-state index contributed by atoms with van der Waals surface area (Å²) in [5.41, 5.74) is 5.69. The highest BCUT2D eigenvalue weighted by molar-refractivity contribution is 5.73. The van der Waals surface area contributed by atoms with Gasteiger partial charge in [0, 0.05) is 11.8 Å². The van der Waals surface area contributed by atoms with Crippen molar-refractivity contribution in [1.29, 1.82) is 0 Å². The molecule has 0 fully saturated rings. The molecule has 0 aliphatic rings. The van der Waals surface area contributed by atoms with Crippen LogP contribution in [-0.2, 0) is 4.79 Å². The normalized spacial score (nSPS) is 10.2. The van der Waals surface area contributed by atoms with Crippen molar-refractivity contribution in [2.45, 2.75) is 6.18 Å². The Morgan fingerprint density at radius 3 is 1.88 bits per heavy atom. The Balaban J connectivity index is 0.000000293. The van der Waals surface area contributed by atoms with Crippen LogP contribution in [0.5, 0.6) is 11.5 Å². The molecule has 0 aliphatic carbocycles. The van der Waals surface area contributed by atoms with E-state index in [0.717, 1.165) is 0 Å². The van der Waals surface area contributed by atoms with Crippen molar-refractivity contribution in [3.05, 3.63) is 18.2 Å². The van der Waals surface area contributed by atoms with Crippen LogP contribution in [0.3, 0.4) is 0 Å². The second-order valence-corrected chi connectivity index (χ2v) is 2.55. The Bertz CT molecular complexity index is 378. The molecule has 0 aliphatic heterocycles. The lowest BCUT2D eigenvalue weighted by molar-refractivity contribution is -0.192. The van der Waals surface area contributed by atoms with E-state index in [9.17, 15) is 13.2 Å². The molecule has 0 atom stereocenters. The van der Waals surface area contributed by atoms with E-state index in [1.165, 1.54) is 18.2 Å². The summed E-state index contributed by atoms with van der Waals surface area (Å²) in [6.45, 7) is 0. The summed E-state index contributed by atoms with van der Waals surface area (Å²) >= 11 is 0. The van der Waals surface area contributed by atoms with Crippen molar-refractivity contribution < 1.29 is 33.3 Å². The number of halogens is 3. The zero-order valence-corrected chi connectivity index (χ0v) is 7.69. The second-order valence-electron chi connectivity index (χ2n) is 2.55. The number of nitrogens with two attached hydrogens (primary N) is 1. The standard InChI is InChI=1S/C6H7NO2.C2HF3O2/c7-4-1-2-5(8)6(9)3-4;3-2(4,5)1(6)7/h1-3,8-9H,7H2;(H,6,7). The van der Waals surface area contributed by atoms with Gasteiger partial charge in [0.05, 0.1) is 0 Å². The number of carbonyl (C=O) groups is 1. The van der Waals surface area contributed by atoms with E-state index in [1.807, 2.05) is 0 Å². The molecule has 1 aromatic carbocycles. The van der Waals surface area contributed by atoms with Crippen LogP contribution in [0.2, 0.25) is 0 Å². The first-order chi connectivity index (χ1) is 7.14. The summed E-state index contributed by atoms with van der Waals surface area (Å²) in [5.74, 6) is -3.09. The first kappa shape index (κ1) is 13.9. The van der Waals surface area contributed by atoms with E-state index in [2.05, 4.69) is 0 Å². The van der Waals surface area contributed by atoms with E-state index in [0.29, 0.717) is 5.69 Å². The first-order valence-electron chi connectivity index (χ1n) is 3.72. The number of aromatic hydroxyl groups is 2. The first-order valence-corrected chi connectivity index (χ1v) is 3.72. The van der Waals surface area contributed by atoms with Crippen LogP contribution in [0, 0.1) is 0 Å². The molecule has 0 spiro atoms. The maximum atomic E-state index is 10.6. The summed E-state index contributed by atoms with van der Waals surface area (Å²) in [6.07, 6.45) is -5.08. The minimum atomic E-state index is -5.08. The number of nitrogen functional groups attached to an aromatic ring is 1. The highest BCUT2D eigenvalue weighted by Gasteiger charge is 2.38. The van der Waals surface area contributed by atoms with Crippen LogP contribution in [0.15, 0.2) is 18.2 Å². The van der Waals surface area contributed by atoms with Crippen molar-refractivity contribution in [3.8, 4) is 11.5 Å². The van der Waals surface area contributed by atoms with Gasteiger partial charge in [-0.3, -0.25) is 0 Å². The quantitative estimate of drug-likeness (QED) is 0.310. The van der Waals surface area contributed by atoms with Crippen LogP contribution in [0.4, 0.5) is 18.9 Å².